The van der Waals surface area contributed by atoms with Crippen molar-refractivity contribution >= 4 is 27.7 Å². The number of rotatable bonds is 3. The standard InChI is InChI=1S/C21H21NO4/c1-25-21(24)15-8-10-22(11-9-15)13-16-12-19(23)26-18-7-6-14-4-2-3-5-17(14)20(16)18/h2-7,12,15H,8-11,13H2,1H3. The van der Waals surface area contributed by atoms with Gasteiger partial charge < -0.3 is 9.15 Å². The van der Waals surface area contributed by atoms with Crippen molar-refractivity contribution in [3.63, 3.8) is 0 Å². The molecule has 2 aromatic carbocycles. The van der Waals surface area contributed by atoms with Gasteiger partial charge in [0.15, 0.2) is 0 Å². The maximum Gasteiger partial charge on any atom is 0.336 e. The van der Waals surface area contributed by atoms with E-state index in [0.29, 0.717) is 12.1 Å². The minimum atomic E-state index is -0.327. The van der Waals surface area contributed by atoms with E-state index in [1.807, 2.05) is 24.3 Å². The molecule has 0 amide bonds. The molecule has 5 nitrogen and oxygen atoms in total. The van der Waals surface area contributed by atoms with E-state index in [-0.39, 0.29) is 17.5 Å². The Hall–Kier alpha value is -2.66. The van der Waals surface area contributed by atoms with Crippen LogP contribution in [0, 0.1) is 5.92 Å². The van der Waals surface area contributed by atoms with Crippen LogP contribution in [-0.4, -0.2) is 31.1 Å². The molecule has 1 aliphatic heterocycles. The van der Waals surface area contributed by atoms with E-state index in [0.717, 1.165) is 47.7 Å². The number of hydrogen-bond donors (Lipinski definition) is 0. The Morgan fingerprint density at radius 3 is 2.73 bits per heavy atom. The maximum absolute atomic E-state index is 12.0. The fourth-order valence-electron chi connectivity index (χ4n) is 3.88. The molecule has 0 radical (unpaired) electrons. The molecule has 0 aliphatic carbocycles. The van der Waals surface area contributed by atoms with E-state index < -0.39 is 0 Å². The molecule has 0 unspecified atom stereocenters. The Morgan fingerprint density at radius 2 is 1.96 bits per heavy atom. The van der Waals surface area contributed by atoms with Gasteiger partial charge in [0.1, 0.15) is 5.58 Å². The van der Waals surface area contributed by atoms with Crippen molar-refractivity contribution in [1.82, 2.24) is 4.90 Å². The SMILES string of the molecule is COC(=O)C1CCN(Cc2cc(=O)oc3ccc4ccccc4c23)CC1. The summed E-state index contributed by atoms with van der Waals surface area (Å²) in [4.78, 5) is 26.0. The van der Waals surface area contributed by atoms with Gasteiger partial charge in [-0.15, -0.1) is 0 Å². The molecule has 3 aromatic rings. The van der Waals surface area contributed by atoms with Crippen LogP contribution in [0.25, 0.3) is 21.7 Å². The van der Waals surface area contributed by atoms with Crippen molar-refractivity contribution in [3.05, 3.63) is 58.4 Å². The summed E-state index contributed by atoms with van der Waals surface area (Å²) in [5.74, 6) is -0.142. The molecule has 26 heavy (non-hydrogen) atoms. The highest BCUT2D eigenvalue weighted by molar-refractivity contribution is 6.07. The smallest absolute Gasteiger partial charge is 0.336 e. The van der Waals surface area contributed by atoms with Crippen LogP contribution in [0.5, 0.6) is 0 Å². The number of hydrogen-bond acceptors (Lipinski definition) is 5. The first kappa shape index (κ1) is 16.8. The van der Waals surface area contributed by atoms with Gasteiger partial charge >= 0.3 is 11.6 Å². The van der Waals surface area contributed by atoms with Crippen LogP contribution in [0.15, 0.2) is 51.7 Å². The van der Waals surface area contributed by atoms with Crippen molar-refractivity contribution in [2.24, 2.45) is 5.92 Å². The first-order chi connectivity index (χ1) is 12.7. The average molecular weight is 351 g/mol. The van der Waals surface area contributed by atoms with Gasteiger partial charge in [0, 0.05) is 18.0 Å². The predicted octanol–water partition coefficient (Wildman–Crippen LogP) is 3.33. The molecule has 0 atom stereocenters. The van der Waals surface area contributed by atoms with E-state index >= 15 is 0 Å². The van der Waals surface area contributed by atoms with Crippen LogP contribution in [-0.2, 0) is 16.1 Å². The summed E-state index contributed by atoms with van der Waals surface area (Å²) < 4.78 is 10.3. The van der Waals surface area contributed by atoms with Crippen LogP contribution in [0.1, 0.15) is 18.4 Å². The lowest BCUT2D eigenvalue weighted by Crippen LogP contribution is -2.36. The topological polar surface area (TPSA) is 59.8 Å². The van der Waals surface area contributed by atoms with E-state index in [1.165, 1.54) is 7.11 Å². The molecule has 2 heterocycles. The van der Waals surface area contributed by atoms with Crippen LogP contribution in [0.4, 0.5) is 0 Å². The first-order valence-corrected chi connectivity index (χ1v) is 8.90. The van der Waals surface area contributed by atoms with Gasteiger partial charge in [-0.05, 0) is 48.3 Å². The second kappa shape index (κ2) is 6.92. The number of carbonyl (C=O) groups is 1. The van der Waals surface area contributed by atoms with Gasteiger partial charge in [-0.25, -0.2) is 4.79 Å². The van der Waals surface area contributed by atoms with Gasteiger partial charge in [0.05, 0.1) is 13.0 Å². The van der Waals surface area contributed by atoms with Crippen LogP contribution in [0.3, 0.4) is 0 Å². The van der Waals surface area contributed by atoms with Gasteiger partial charge in [-0.2, -0.15) is 0 Å². The molecule has 0 bridgehead atoms. The van der Waals surface area contributed by atoms with Crippen LogP contribution < -0.4 is 5.63 Å². The zero-order chi connectivity index (χ0) is 18.1. The van der Waals surface area contributed by atoms with E-state index in [2.05, 4.69) is 17.0 Å². The predicted molar refractivity (Wildman–Crippen MR) is 100 cm³/mol. The molecule has 0 spiro atoms. The number of ether oxygens (including phenoxy) is 1. The van der Waals surface area contributed by atoms with Crippen molar-refractivity contribution in [2.75, 3.05) is 20.2 Å². The molecule has 0 saturated carbocycles. The zero-order valence-electron chi connectivity index (χ0n) is 14.7. The lowest BCUT2D eigenvalue weighted by Gasteiger charge is -2.30. The largest absolute Gasteiger partial charge is 0.469 e. The summed E-state index contributed by atoms with van der Waals surface area (Å²) in [7, 11) is 1.44. The Labute approximate surface area is 151 Å². The molecular weight excluding hydrogens is 330 g/mol. The number of fused-ring (bicyclic) bond motifs is 3. The summed E-state index contributed by atoms with van der Waals surface area (Å²) in [5, 5.41) is 3.21. The minimum Gasteiger partial charge on any atom is -0.469 e. The molecule has 1 saturated heterocycles. The van der Waals surface area contributed by atoms with E-state index in [1.54, 1.807) is 6.07 Å². The van der Waals surface area contributed by atoms with E-state index in [4.69, 9.17) is 9.15 Å². The molecule has 1 aliphatic rings. The highest BCUT2D eigenvalue weighted by atomic mass is 16.5. The van der Waals surface area contributed by atoms with Crippen molar-refractivity contribution < 1.29 is 13.9 Å². The number of methoxy groups -OCH3 is 1. The monoisotopic (exact) mass is 351 g/mol. The van der Waals surface area contributed by atoms with Gasteiger partial charge in [-0.1, -0.05) is 30.3 Å². The second-order valence-electron chi connectivity index (χ2n) is 6.82. The molecule has 4 rings (SSSR count). The molecular formula is C21H21NO4. The fourth-order valence-corrected chi connectivity index (χ4v) is 3.88. The summed E-state index contributed by atoms with van der Waals surface area (Å²) >= 11 is 0. The molecule has 5 heteroatoms. The Balaban J connectivity index is 1.67. The third-order valence-corrected chi connectivity index (χ3v) is 5.23. The summed E-state index contributed by atoms with van der Waals surface area (Å²) in [6.45, 7) is 2.29. The summed E-state index contributed by atoms with van der Waals surface area (Å²) in [6.07, 6.45) is 1.57. The molecule has 1 fully saturated rings. The Bertz CT molecular complexity index is 1020. The average Bonchev–Trinajstić information content (AvgIpc) is 2.67. The van der Waals surface area contributed by atoms with Gasteiger partial charge in [-0.3, -0.25) is 9.69 Å². The quantitative estimate of drug-likeness (QED) is 0.411. The Morgan fingerprint density at radius 1 is 1.19 bits per heavy atom. The number of esters is 1. The summed E-state index contributed by atoms with van der Waals surface area (Å²) in [5.41, 5.74) is 1.27. The van der Waals surface area contributed by atoms with Crippen molar-refractivity contribution in [2.45, 2.75) is 19.4 Å². The first-order valence-electron chi connectivity index (χ1n) is 8.90. The number of benzene rings is 2. The number of carbonyl (C=O) groups excluding carboxylic acids is 1. The van der Waals surface area contributed by atoms with Crippen LogP contribution in [0.2, 0.25) is 0 Å². The van der Waals surface area contributed by atoms with Gasteiger partial charge in [0.2, 0.25) is 0 Å². The van der Waals surface area contributed by atoms with Crippen LogP contribution >= 0.6 is 0 Å². The third-order valence-electron chi connectivity index (χ3n) is 5.23. The Kier molecular flexibility index (Phi) is 4.47. The summed E-state index contributed by atoms with van der Waals surface area (Å²) in [6, 6.07) is 13.6. The molecule has 1 aromatic heterocycles. The lowest BCUT2D eigenvalue weighted by atomic mass is 9.96. The van der Waals surface area contributed by atoms with Crippen molar-refractivity contribution in [3.8, 4) is 0 Å². The minimum absolute atomic E-state index is 0.0188. The van der Waals surface area contributed by atoms with Crippen molar-refractivity contribution in [1.29, 1.82) is 0 Å². The highest BCUT2D eigenvalue weighted by Gasteiger charge is 2.26. The molecule has 0 N–H and O–H groups in total. The number of piperidine rings is 1. The number of nitrogens with zero attached hydrogens (tertiary/aromatic N) is 1. The second-order valence-corrected chi connectivity index (χ2v) is 6.82. The van der Waals surface area contributed by atoms with E-state index in [9.17, 15) is 9.59 Å². The normalized spacial score (nSPS) is 16.2. The van der Waals surface area contributed by atoms with Gasteiger partial charge in [0.25, 0.3) is 0 Å². The zero-order valence-corrected chi connectivity index (χ0v) is 14.7. The molecule has 134 valence electrons. The lowest BCUT2D eigenvalue weighted by molar-refractivity contribution is -0.147. The number of likely N-dealkylation sites (tertiary alicyclic amines) is 1. The maximum atomic E-state index is 12.0. The fraction of sp³-hybridized carbons (Fsp3) is 0.333. The highest BCUT2D eigenvalue weighted by Crippen LogP contribution is 2.29. The third kappa shape index (κ3) is 3.10.